The zero-order valence-electron chi connectivity index (χ0n) is 18.9. The number of halogens is 1. The summed E-state index contributed by atoms with van der Waals surface area (Å²) in [6.45, 7) is 2.52. The van der Waals surface area contributed by atoms with Crippen molar-refractivity contribution in [2.24, 2.45) is 0 Å². The summed E-state index contributed by atoms with van der Waals surface area (Å²) in [4.78, 5) is 27.2. The van der Waals surface area contributed by atoms with Gasteiger partial charge in [0.1, 0.15) is 0 Å². The Labute approximate surface area is 209 Å². The molecule has 7 heteroatoms. The lowest BCUT2D eigenvalue weighted by Crippen LogP contribution is -2.36. The molecule has 0 spiro atoms. The van der Waals surface area contributed by atoms with Crippen LogP contribution in [0.15, 0.2) is 77.7 Å². The number of likely N-dealkylation sites (tertiary alicyclic amines) is 1. The van der Waals surface area contributed by atoms with Crippen molar-refractivity contribution in [2.75, 3.05) is 18.8 Å². The predicted molar refractivity (Wildman–Crippen MR) is 139 cm³/mol. The summed E-state index contributed by atoms with van der Waals surface area (Å²) in [5.41, 5.74) is 4.36. The second kappa shape index (κ2) is 12.0. The van der Waals surface area contributed by atoms with E-state index < -0.39 is 0 Å². The van der Waals surface area contributed by atoms with Crippen LogP contribution in [0.2, 0.25) is 5.02 Å². The van der Waals surface area contributed by atoms with Gasteiger partial charge < -0.3 is 15.5 Å². The van der Waals surface area contributed by atoms with Crippen molar-refractivity contribution in [3.05, 3.63) is 88.9 Å². The number of thioether (sulfide) groups is 1. The fourth-order valence-corrected chi connectivity index (χ4v) is 4.83. The molecule has 1 aliphatic rings. The van der Waals surface area contributed by atoms with Crippen LogP contribution in [-0.4, -0.2) is 35.7 Å². The maximum Gasteiger partial charge on any atom is 0.315 e. The Bertz CT molecular complexity index is 1120. The zero-order chi connectivity index (χ0) is 23.8. The molecule has 176 valence electrons. The SMILES string of the molecule is O=C(NCCSc1ccc(Cl)cc1)NCc1ccccc1-c1ccc(CN2CCCC2=O)cc1. The van der Waals surface area contributed by atoms with Crippen LogP contribution >= 0.6 is 23.4 Å². The molecule has 1 heterocycles. The minimum Gasteiger partial charge on any atom is -0.338 e. The van der Waals surface area contributed by atoms with Gasteiger partial charge >= 0.3 is 6.03 Å². The van der Waals surface area contributed by atoms with Crippen molar-refractivity contribution in [1.29, 1.82) is 0 Å². The van der Waals surface area contributed by atoms with Crippen molar-refractivity contribution in [1.82, 2.24) is 15.5 Å². The number of hydrogen-bond acceptors (Lipinski definition) is 3. The van der Waals surface area contributed by atoms with E-state index in [1.807, 2.05) is 47.4 Å². The first-order chi connectivity index (χ1) is 16.6. The molecule has 0 aromatic heterocycles. The molecule has 0 radical (unpaired) electrons. The first kappa shape index (κ1) is 24.2. The van der Waals surface area contributed by atoms with E-state index in [4.69, 9.17) is 11.6 Å². The Morgan fingerprint density at radius 2 is 1.74 bits per heavy atom. The normalized spacial score (nSPS) is 13.2. The lowest BCUT2D eigenvalue weighted by molar-refractivity contribution is -0.128. The minimum atomic E-state index is -0.183. The molecular weight excluding hydrogens is 466 g/mol. The first-order valence-electron chi connectivity index (χ1n) is 11.4. The molecule has 1 saturated heterocycles. The quantitative estimate of drug-likeness (QED) is 0.296. The van der Waals surface area contributed by atoms with Gasteiger partial charge in [-0.2, -0.15) is 0 Å². The van der Waals surface area contributed by atoms with Gasteiger partial charge in [-0.1, -0.05) is 60.1 Å². The van der Waals surface area contributed by atoms with Gasteiger partial charge in [0, 0.05) is 48.3 Å². The molecule has 3 aromatic carbocycles. The number of hydrogen-bond donors (Lipinski definition) is 2. The largest absolute Gasteiger partial charge is 0.338 e. The Morgan fingerprint density at radius 1 is 0.971 bits per heavy atom. The van der Waals surface area contributed by atoms with E-state index in [1.54, 1.807) is 11.8 Å². The van der Waals surface area contributed by atoms with Crippen LogP contribution in [0.25, 0.3) is 11.1 Å². The highest BCUT2D eigenvalue weighted by Crippen LogP contribution is 2.25. The van der Waals surface area contributed by atoms with E-state index in [2.05, 4.69) is 41.0 Å². The standard InChI is InChI=1S/C27H28ClN3O2S/c28-23-11-13-24(14-12-23)34-17-15-29-27(33)30-18-22-4-1-2-5-25(22)21-9-7-20(8-10-21)19-31-16-3-6-26(31)32/h1-2,4-5,7-14H,3,6,15-19H2,(H2,29,30,33). The van der Waals surface area contributed by atoms with Gasteiger partial charge in [-0.3, -0.25) is 4.79 Å². The van der Waals surface area contributed by atoms with Crippen molar-refractivity contribution in [3.8, 4) is 11.1 Å². The van der Waals surface area contributed by atoms with Gasteiger partial charge in [-0.25, -0.2) is 4.79 Å². The summed E-state index contributed by atoms with van der Waals surface area (Å²) >= 11 is 7.58. The molecule has 3 aromatic rings. The van der Waals surface area contributed by atoms with Crippen molar-refractivity contribution >= 4 is 35.3 Å². The molecule has 0 atom stereocenters. The molecule has 1 aliphatic heterocycles. The molecule has 2 N–H and O–H groups in total. The topological polar surface area (TPSA) is 61.4 Å². The number of carbonyl (C=O) groups excluding carboxylic acids is 2. The van der Waals surface area contributed by atoms with Crippen LogP contribution in [0.1, 0.15) is 24.0 Å². The number of nitrogens with one attached hydrogen (secondary N) is 2. The lowest BCUT2D eigenvalue weighted by atomic mass is 9.98. The van der Waals surface area contributed by atoms with E-state index in [9.17, 15) is 9.59 Å². The fraction of sp³-hybridized carbons (Fsp3) is 0.259. The summed E-state index contributed by atoms with van der Waals surface area (Å²) in [6, 6.07) is 23.9. The lowest BCUT2D eigenvalue weighted by Gasteiger charge is -2.16. The number of amides is 3. The van der Waals surface area contributed by atoms with Crippen molar-refractivity contribution in [3.63, 3.8) is 0 Å². The van der Waals surface area contributed by atoms with Gasteiger partial charge in [0.15, 0.2) is 0 Å². The summed E-state index contributed by atoms with van der Waals surface area (Å²) in [6.07, 6.45) is 1.61. The van der Waals surface area contributed by atoms with Crippen LogP contribution in [0, 0.1) is 0 Å². The predicted octanol–water partition coefficient (Wildman–Crippen LogP) is 5.72. The number of benzene rings is 3. The van der Waals surface area contributed by atoms with Gasteiger partial charge in [0.2, 0.25) is 5.91 Å². The average molecular weight is 494 g/mol. The molecule has 5 nitrogen and oxygen atoms in total. The molecule has 0 aliphatic carbocycles. The second-order valence-electron chi connectivity index (χ2n) is 8.18. The first-order valence-corrected chi connectivity index (χ1v) is 12.8. The monoisotopic (exact) mass is 493 g/mol. The third-order valence-corrected chi connectivity index (χ3v) is 7.00. The smallest absolute Gasteiger partial charge is 0.315 e. The van der Waals surface area contributed by atoms with E-state index in [0.717, 1.165) is 50.9 Å². The molecule has 4 rings (SSSR count). The van der Waals surface area contributed by atoms with Crippen LogP contribution in [-0.2, 0) is 17.9 Å². The average Bonchev–Trinajstić information content (AvgIpc) is 3.26. The zero-order valence-corrected chi connectivity index (χ0v) is 20.5. The van der Waals surface area contributed by atoms with Gasteiger partial charge in [0.25, 0.3) is 0 Å². The molecule has 3 amide bonds. The molecule has 0 saturated carbocycles. The molecule has 0 bridgehead atoms. The van der Waals surface area contributed by atoms with Gasteiger partial charge in [0.05, 0.1) is 0 Å². The summed E-state index contributed by atoms with van der Waals surface area (Å²) in [5.74, 6) is 1.02. The third kappa shape index (κ3) is 6.78. The van der Waals surface area contributed by atoms with Crippen LogP contribution in [0.5, 0.6) is 0 Å². The Balaban J connectivity index is 1.27. The minimum absolute atomic E-state index is 0.183. The second-order valence-corrected chi connectivity index (χ2v) is 9.79. The van der Waals surface area contributed by atoms with E-state index in [-0.39, 0.29) is 11.9 Å². The Kier molecular flexibility index (Phi) is 8.50. The summed E-state index contributed by atoms with van der Waals surface area (Å²) in [7, 11) is 0. The maximum absolute atomic E-state index is 12.3. The number of carbonyl (C=O) groups is 2. The Hall–Kier alpha value is -2.96. The highest BCUT2D eigenvalue weighted by atomic mass is 35.5. The van der Waals surface area contributed by atoms with Crippen LogP contribution in [0.3, 0.4) is 0 Å². The highest BCUT2D eigenvalue weighted by molar-refractivity contribution is 7.99. The van der Waals surface area contributed by atoms with E-state index >= 15 is 0 Å². The van der Waals surface area contributed by atoms with Gasteiger partial charge in [-0.05, 0) is 52.9 Å². The summed E-state index contributed by atoms with van der Waals surface area (Å²) < 4.78 is 0. The van der Waals surface area contributed by atoms with E-state index in [1.165, 1.54) is 0 Å². The number of nitrogens with zero attached hydrogens (tertiary/aromatic N) is 1. The van der Waals surface area contributed by atoms with E-state index in [0.29, 0.717) is 26.1 Å². The van der Waals surface area contributed by atoms with Crippen molar-refractivity contribution in [2.45, 2.75) is 30.8 Å². The van der Waals surface area contributed by atoms with Crippen LogP contribution in [0.4, 0.5) is 4.79 Å². The van der Waals surface area contributed by atoms with Crippen LogP contribution < -0.4 is 10.6 Å². The fourth-order valence-electron chi connectivity index (χ4n) is 3.94. The highest BCUT2D eigenvalue weighted by Gasteiger charge is 2.19. The van der Waals surface area contributed by atoms with Crippen molar-refractivity contribution < 1.29 is 9.59 Å². The molecule has 0 unspecified atom stereocenters. The van der Waals surface area contributed by atoms with Gasteiger partial charge in [-0.15, -0.1) is 11.8 Å². The molecule has 1 fully saturated rings. The number of rotatable bonds is 9. The third-order valence-electron chi connectivity index (χ3n) is 5.74. The molecule has 34 heavy (non-hydrogen) atoms. The summed E-state index contributed by atoms with van der Waals surface area (Å²) in [5, 5.41) is 6.59. The molecular formula is C27H28ClN3O2S. The Morgan fingerprint density at radius 3 is 2.47 bits per heavy atom. The number of urea groups is 1. The maximum atomic E-state index is 12.3.